The Morgan fingerprint density at radius 2 is 1.14 bits per heavy atom. The van der Waals surface area contributed by atoms with Gasteiger partial charge >= 0.3 is 0 Å². The summed E-state index contributed by atoms with van der Waals surface area (Å²) in [5.74, 6) is -5.46. The van der Waals surface area contributed by atoms with Gasteiger partial charge in [-0.15, -0.1) is 0 Å². The molecule has 23 nitrogen and oxygen atoms in total. The van der Waals surface area contributed by atoms with Crippen LogP contribution in [0.25, 0.3) is 0 Å². The number of Topliss-reactive ketones (excluding diaryl/α,β-unsaturated/α-hetero) is 2. The molecule has 0 aliphatic heterocycles. The normalized spacial score (nSPS) is 13.0. The molecule has 0 fully saturated rings. The lowest BCUT2D eigenvalue weighted by Crippen LogP contribution is -2.49. The molecule has 21 N–H and O–H groups in total. The Bertz CT molecular complexity index is 1350. The molecule has 57 heavy (non-hydrogen) atoms. The number of ether oxygens (including phenoxy) is 1. The van der Waals surface area contributed by atoms with E-state index in [1.165, 1.54) is 12.0 Å². The zero-order valence-corrected chi connectivity index (χ0v) is 33.5. The summed E-state index contributed by atoms with van der Waals surface area (Å²) >= 11 is 0. The van der Waals surface area contributed by atoms with Gasteiger partial charge in [-0.25, -0.2) is 0 Å². The Labute approximate surface area is 334 Å². The number of nitrogens with two attached hydrogens (primary N) is 9. The molecule has 0 aromatic heterocycles. The number of nitrogens with one attached hydrogen (secondary N) is 3. The van der Waals surface area contributed by atoms with Gasteiger partial charge in [-0.3, -0.25) is 49.1 Å². The largest absolute Gasteiger partial charge is 0.383 e. The third kappa shape index (κ3) is 25.6. The maximum Gasteiger partial charge on any atom is 0.240 e. The lowest BCUT2D eigenvalue weighted by Gasteiger charge is -2.25. The van der Waals surface area contributed by atoms with Crippen LogP contribution < -0.4 is 67.6 Å². The van der Waals surface area contributed by atoms with Crippen molar-refractivity contribution in [2.75, 3.05) is 53.0 Å². The van der Waals surface area contributed by atoms with Crippen molar-refractivity contribution in [1.82, 2.24) is 20.9 Å². The topological polar surface area (TPSA) is 422 Å². The minimum atomic E-state index is -1.13. The first-order chi connectivity index (χ1) is 26.9. The van der Waals surface area contributed by atoms with Crippen molar-refractivity contribution in [2.45, 2.75) is 95.9 Å². The van der Waals surface area contributed by atoms with Crippen molar-refractivity contribution >= 4 is 53.1 Å². The summed E-state index contributed by atoms with van der Waals surface area (Å²) in [4.78, 5) is 92.9. The average Bonchev–Trinajstić information content (AvgIpc) is 3.13. The number of nitrogens with zero attached hydrogens (tertiary/aromatic N) is 4. The molecule has 0 aromatic rings. The first kappa shape index (κ1) is 51.9. The molecular weight excluding hydrogens is 744 g/mol. The first-order valence-corrected chi connectivity index (χ1v) is 19.0. The van der Waals surface area contributed by atoms with Crippen molar-refractivity contribution in [2.24, 2.45) is 78.4 Å². The molecule has 0 rings (SSSR count). The lowest BCUT2D eigenvalue weighted by atomic mass is 9.90. The molecule has 4 atom stereocenters. The molecule has 23 heteroatoms. The van der Waals surface area contributed by atoms with Gasteiger partial charge < -0.3 is 71.9 Å². The molecule has 0 heterocycles. The van der Waals surface area contributed by atoms with E-state index >= 15 is 0 Å². The molecule has 0 aromatic carbocycles. The standard InChI is InChI=1S/C34H68N16O7/c1-3-27(53)50(16-17-57-2)20-23(51)18-21(8-4-12-44-31(36)37)29(55)48-24(10-6-14-46-33(40)41)26(52)19-22(9-5-13-45-32(38)39)30(56)49-25(28(35)54)11-7-15-47-34(42)43/h21-22,24-25,32,45H,3-20,38-39H2,1-2H3,(H2,35,54)(H,48,55)(H,49,56)(H4,36,37,44)(H4,40,41,46)(H4,42,43,47). The highest BCUT2D eigenvalue weighted by Crippen LogP contribution is 2.19. The van der Waals surface area contributed by atoms with Crippen molar-refractivity contribution in [3.8, 4) is 0 Å². The monoisotopic (exact) mass is 813 g/mol. The fourth-order valence-corrected chi connectivity index (χ4v) is 5.65. The van der Waals surface area contributed by atoms with Gasteiger partial charge in [0.05, 0.1) is 19.2 Å². The highest BCUT2D eigenvalue weighted by molar-refractivity contribution is 5.95. The number of hydrogen-bond acceptors (Lipinski definition) is 13. The Balaban J connectivity index is 6.42. The number of methoxy groups -OCH3 is 1. The number of rotatable bonds is 33. The SMILES string of the molecule is CCC(=O)N(CCOC)CC(=O)CC(CCCN=C(N)N)C(=O)NC(CCCN=C(N)N)C(=O)CC(CCCNC(N)N)C(=O)NC(CCCN=C(N)N)C(N)=O. The van der Waals surface area contributed by atoms with Gasteiger partial charge in [0.2, 0.25) is 23.6 Å². The number of carbonyl (C=O) groups is 6. The van der Waals surface area contributed by atoms with Gasteiger partial charge in [-0.05, 0) is 57.9 Å². The molecule has 4 amide bonds. The summed E-state index contributed by atoms with van der Waals surface area (Å²) < 4.78 is 5.08. The highest BCUT2D eigenvalue weighted by atomic mass is 16.5. The molecule has 326 valence electrons. The summed E-state index contributed by atoms with van der Waals surface area (Å²) in [6.45, 7) is 2.65. The number of ketones is 2. The van der Waals surface area contributed by atoms with E-state index in [2.05, 4.69) is 30.9 Å². The van der Waals surface area contributed by atoms with Crippen molar-refractivity contribution in [3.63, 3.8) is 0 Å². The predicted octanol–water partition coefficient (Wildman–Crippen LogP) is -4.79. The van der Waals surface area contributed by atoms with Crippen LogP contribution in [-0.2, 0) is 33.5 Å². The fraction of sp³-hybridized carbons (Fsp3) is 0.735. The molecule has 0 saturated carbocycles. The van der Waals surface area contributed by atoms with Gasteiger partial charge in [0.1, 0.15) is 12.3 Å². The number of carbonyl (C=O) groups excluding carboxylic acids is 6. The number of primary amides is 1. The molecule has 0 aliphatic rings. The van der Waals surface area contributed by atoms with Crippen LogP contribution >= 0.6 is 0 Å². The van der Waals surface area contributed by atoms with Crippen LogP contribution in [0.3, 0.4) is 0 Å². The molecule has 0 saturated heterocycles. The first-order valence-electron chi connectivity index (χ1n) is 19.0. The third-order valence-corrected chi connectivity index (χ3v) is 8.62. The maximum absolute atomic E-state index is 14.1. The van der Waals surface area contributed by atoms with Gasteiger partial charge in [-0.2, -0.15) is 0 Å². The minimum absolute atomic E-state index is 0.0818. The third-order valence-electron chi connectivity index (χ3n) is 8.62. The maximum atomic E-state index is 14.1. The molecule has 4 unspecified atom stereocenters. The number of hydrogen-bond donors (Lipinski definition) is 12. The van der Waals surface area contributed by atoms with Crippen LogP contribution in [0, 0.1) is 11.8 Å². The lowest BCUT2D eigenvalue weighted by molar-refractivity contribution is -0.137. The van der Waals surface area contributed by atoms with E-state index in [0.717, 1.165) is 0 Å². The van der Waals surface area contributed by atoms with E-state index in [1.54, 1.807) is 6.92 Å². The van der Waals surface area contributed by atoms with E-state index in [-0.39, 0.29) is 120 Å². The van der Waals surface area contributed by atoms with Gasteiger partial charge in [0.15, 0.2) is 29.4 Å². The number of amides is 4. The quantitative estimate of drug-likeness (QED) is 0.0128. The molecule has 0 aliphatic carbocycles. The summed E-state index contributed by atoms with van der Waals surface area (Å²) in [5, 5.41) is 8.27. The van der Waals surface area contributed by atoms with Crippen LogP contribution in [0.4, 0.5) is 0 Å². The molecule has 0 radical (unpaired) electrons. The van der Waals surface area contributed by atoms with Gasteiger partial charge in [0, 0.05) is 64.4 Å². The van der Waals surface area contributed by atoms with Gasteiger partial charge in [0.25, 0.3) is 0 Å². The number of aliphatic imine (C=N–C) groups is 3. The minimum Gasteiger partial charge on any atom is -0.383 e. The second-order valence-electron chi connectivity index (χ2n) is 13.5. The predicted molar refractivity (Wildman–Crippen MR) is 217 cm³/mol. The molecule has 0 spiro atoms. The summed E-state index contributed by atoms with van der Waals surface area (Å²) in [5.41, 5.74) is 49.4. The van der Waals surface area contributed by atoms with Crippen molar-refractivity contribution < 1.29 is 33.5 Å². The Morgan fingerprint density at radius 1 is 0.667 bits per heavy atom. The van der Waals surface area contributed by atoms with E-state index in [4.69, 9.17) is 56.3 Å². The summed E-state index contributed by atoms with van der Waals surface area (Å²) in [6.07, 6.45) is 0.606. The average molecular weight is 813 g/mol. The molecule has 0 bridgehead atoms. The van der Waals surface area contributed by atoms with E-state index in [9.17, 15) is 28.8 Å². The fourth-order valence-electron chi connectivity index (χ4n) is 5.65. The van der Waals surface area contributed by atoms with Gasteiger partial charge in [-0.1, -0.05) is 6.92 Å². The smallest absolute Gasteiger partial charge is 0.240 e. The van der Waals surface area contributed by atoms with Crippen molar-refractivity contribution in [3.05, 3.63) is 0 Å². The Hall–Kier alpha value is -5.13. The van der Waals surface area contributed by atoms with Crippen LogP contribution in [0.5, 0.6) is 0 Å². The Morgan fingerprint density at radius 3 is 1.61 bits per heavy atom. The number of guanidine groups is 3. The zero-order chi connectivity index (χ0) is 43.3. The van der Waals surface area contributed by atoms with E-state index < -0.39 is 53.7 Å². The Kier molecular flexibility index (Phi) is 27.4. The van der Waals surface area contributed by atoms with E-state index in [0.29, 0.717) is 25.8 Å². The zero-order valence-electron chi connectivity index (χ0n) is 33.5. The van der Waals surface area contributed by atoms with Crippen LogP contribution in [0.15, 0.2) is 15.0 Å². The highest BCUT2D eigenvalue weighted by Gasteiger charge is 2.32. The summed E-state index contributed by atoms with van der Waals surface area (Å²) in [6, 6.07) is -2.20. The second kappa shape index (κ2) is 30.1. The van der Waals surface area contributed by atoms with Crippen LogP contribution in [-0.4, -0.2) is 129 Å². The van der Waals surface area contributed by atoms with Crippen LogP contribution in [0.1, 0.15) is 77.6 Å². The summed E-state index contributed by atoms with van der Waals surface area (Å²) in [7, 11) is 1.48. The van der Waals surface area contributed by atoms with Crippen molar-refractivity contribution in [1.29, 1.82) is 0 Å². The molecular formula is C34H68N16O7. The van der Waals surface area contributed by atoms with E-state index in [1.807, 2.05) is 0 Å². The van der Waals surface area contributed by atoms with Crippen LogP contribution in [0.2, 0.25) is 0 Å². The second-order valence-corrected chi connectivity index (χ2v) is 13.5.